The standard InChI is InChI=1S/C17H16ClN3O/c1-12-10-19-11-21(2)16(12)13-5-7-14(8-6-13)22-17-15(18)4-3-9-20-17/h3-10H,11H2,1-2H3. The number of rotatable bonds is 3. The third-order valence-corrected chi connectivity index (χ3v) is 3.69. The van der Waals surface area contributed by atoms with Gasteiger partial charge in [-0.3, -0.25) is 4.99 Å². The Morgan fingerprint density at radius 1 is 1.18 bits per heavy atom. The molecule has 0 atom stereocenters. The lowest BCUT2D eigenvalue weighted by molar-refractivity contribution is 0.462. The molecule has 0 saturated heterocycles. The molecule has 22 heavy (non-hydrogen) atoms. The third-order valence-electron chi connectivity index (χ3n) is 3.40. The van der Waals surface area contributed by atoms with Crippen molar-refractivity contribution in [2.45, 2.75) is 6.92 Å². The molecule has 1 aliphatic heterocycles. The average molecular weight is 314 g/mol. The van der Waals surface area contributed by atoms with Gasteiger partial charge in [-0.25, -0.2) is 4.98 Å². The summed E-state index contributed by atoms with van der Waals surface area (Å²) in [6.45, 7) is 2.74. The van der Waals surface area contributed by atoms with Gasteiger partial charge in [0.2, 0.25) is 5.88 Å². The van der Waals surface area contributed by atoms with Gasteiger partial charge in [0.25, 0.3) is 0 Å². The van der Waals surface area contributed by atoms with Crippen LogP contribution in [0.4, 0.5) is 0 Å². The highest BCUT2D eigenvalue weighted by atomic mass is 35.5. The van der Waals surface area contributed by atoms with Gasteiger partial charge in [-0.05, 0) is 54.5 Å². The van der Waals surface area contributed by atoms with Gasteiger partial charge in [-0.15, -0.1) is 0 Å². The molecule has 4 nitrogen and oxygen atoms in total. The van der Waals surface area contributed by atoms with Crippen LogP contribution in [0.3, 0.4) is 0 Å². The van der Waals surface area contributed by atoms with Crippen molar-refractivity contribution in [2.75, 3.05) is 13.7 Å². The van der Waals surface area contributed by atoms with E-state index in [1.807, 2.05) is 37.5 Å². The molecule has 0 radical (unpaired) electrons. The van der Waals surface area contributed by atoms with E-state index in [2.05, 4.69) is 21.8 Å². The quantitative estimate of drug-likeness (QED) is 0.851. The topological polar surface area (TPSA) is 37.7 Å². The summed E-state index contributed by atoms with van der Waals surface area (Å²) in [4.78, 5) is 10.5. The molecule has 0 N–H and O–H groups in total. The molecule has 0 fully saturated rings. The number of aliphatic imine (C=N–C) groups is 1. The number of pyridine rings is 1. The van der Waals surface area contributed by atoms with Crippen LogP contribution in [0.5, 0.6) is 11.6 Å². The van der Waals surface area contributed by atoms with Crippen LogP contribution >= 0.6 is 11.6 Å². The molecule has 0 spiro atoms. The Bertz CT molecular complexity index is 738. The SMILES string of the molecule is CC1=C(c2ccc(Oc3ncccc3Cl)cc2)N(C)CN=C1. The van der Waals surface area contributed by atoms with E-state index >= 15 is 0 Å². The largest absolute Gasteiger partial charge is 0.438 e. The molecule has 0 saturated carbocycles. The van der Waals surface area contributed by atoms with Crippen LogP contribution < -0.4 is 4.74 Å². The number of hydrogen-bond donors (Lipinski definition) is 0. The molecule has 3 rings (SSSR count). The Hall–Kier alpha value is -2.33. The van der Waals surface area contributed by atoms with Gasteiger partial charge in [0.1, 0.15) is 17.4 Å². The van der Waals surface area contributed by atoms with Crippen molar-refractivity contribution in [3.8, 4) is 11.6 Å². The zero-order valence-corrected chi connectivity index (χ0v) is 13.2. The normalized spacial score (nSPS) is 14.4. The summed E-state index contributed by atoms with van der Waals surface area (Å²) in [6.07, 6.45) is 3.56. The Kier molecular flexibility index (Phi) is 4.11. The average Bonchev–Trinajstić information content (AvgIpc) is 2.51. The molecule has 1 aliphatic rings. The number of benzene rings is 1. The fourth-order valence-corrected chi connectivity index (χ4v) is 2.58. The Balaban J connectivity index is 1.84. The maximum Gasteiger partial charge on any atom is 0.238 e. The number of halogens is 1. The van der Waals surface area contributed by atoms with E-state index in [0.29, 0.717) is 23.3 Å². The Morgan fingerprint density at radius 3 is 2.64 bits per heavy atom. The first-order valence-electron chi connectivity index (χ1n) is 6.96. The van der Waals surface area contributed by atoms with Crippen molar-refractivity contribution < 1.29 is 4.74 Å². The van der Waals surface area contributed by atoms with Gasteiger partial charge >= 0.3 is 0 Å². The second kappa shape index (κ2) is 6.20. The highest BCUT2D eigenvalue weighted by Gasteiger charge is 2.13. The number of ether oxygens (including phenoxy) is 1. The first kappa shape index (κ1) is 14.6. The van der Waals surface area contributed by atoms with Gasteiger partial charge in [-0.2, -0.15) is 0 Å². The molecule has 112 valence electrons. The molecular weight excluding hydrogens is 298 g/mol. The predicted octanol–water partition coefficient (Wildman–Crippen LogP) is 4.23. The van der Waals surface area contributed by atoms with Crippen LogP contribution in [0.1, 0.15) is 12.5 Å². The van der Waals surface area contributed by atoms with Crippen LogP contribution in [-0.2, 0) is 0 Å². The zero-order valence-electron chi connectivity index (χ0n) is 12.5. The molecule has 0 unspecified atom stereocenters. The third kappa shape index (κ3) is 2.97. The lowest BCUT2D eigenvalue weighted by Crippen LogP contribution is -2.21. The highest BCUT2D eigenvalue weighted by molar-refractivity contribution is 6.31. The molecule has 0 aliphatic carbocycles. The monoisotopic (exact) mass is 313 g/mol. The maximum atomic E-state index is 6.05. The van der Waals surface area contributed by atoms with Crippen LogP contribution in [-0.4, -0.2) is 29.8 Å². The predicted molar refractivity (Wildman–Crippen MR) is 89.5 cm³/mol. The summed E-state index contributed by atoms with van der Waals surface area (Å²) in [5.74, 6) is 1.11. The fourth-order valence-electron chi connectivity index (χ4n) is 2.42. The van der Waals surface area contributed by atoms with E-state index in [0.717, 1.165) is 11.1 Å². The van der Waals surface area contributed by atoms with Crippen LogP contribution in [0, 0.1) is 0 Å². The summed E-state index contributed by atoms with van der Waals surface area (Å²) in [5.41, 5.74) is 3.46. The second-order valence-corrected chi connectivity index (χ2v) is 5.51. The number of aromatic nitrogens is 1. The number of nitrogens with zero attached hydrogens (tertiary/aromatic N) is 3. The number of allylic oxidation sites excluding steroid dienone is 1. The first-order valence-corrected chi connectivity index (χ1v) is 7.33. The van der Waals surface area contributed by atoms with E-state index in [1.54, 1.807) is 18.3 Å². The van der Waals surface area contributed by atoms with Crippen LogP contribution in [0.25, 0.3) is 5.70 Å². The van der Waals surface area contributed by atoms with Gasteiger partial charge in [0, 0.05) is 25.2 Å². The first-order chi connectivity index (χ1) is 10.6. The van der Waals surface area contributed by atoms with Crippen molar-refractivity contribution >= 4 is 23.5 Å². The minimum absolute atomic E-state index is 0.411. The highest BCUT2D eigenvalue weighted by Crippen LogP contribution is 2.29. The lowest BCUT2D eigenvalue weighted by atomic mass is 10.1. The van der Waals surface area contributed by atoms with Gasteiger partial charge < -0.3 is 9.64 Å². The van der Waals surface area contributed by atoms with E-state index in [4.69, 9.17) is 16.3 Å². The molecule has 1 aromatic carbocycles. The van der Waals surface area contributed by atoms with Crippen molar-refractivity contribution in [2.24, 2.45) is 4.99 Å². The molecule has 0 bridgehead atoms. The lowest BCUT2D eigenvalue weighted by Gasteiger charge is -2.25. The summed E-state index contributed by atoms with van der Waals surface area (Å²) in [7, 11) is 2.04. The van der Waals surface area contributed by atoms with Gasteiger partial charge in [-0.1, -0.05) is 11.6 Å². The van der Waals surface area contributed by atoms with E-state index in [1.165, 1.54) is 5.70 Å². The molecule has 2 aromatic rings. The zero-order chi connectivity index (χ0) is 15.5. The molecular formula is C17H16ClN3O. The van der Waals surface area contributed by atoms with Crippen LogP contribution in [0.15, 0.2) is 53.2 Å². The Morgan fingerprint density at radius 2 is 1.95 bits per heavy atom. The van der Waals surface area contributed by atoms with Crippen LogP contribution in [0.2, 0.25) is 5.02 Å². The molecule has 1 aromatic heterocycles. The van der Waals surface area contributed by atoms with Crippen molar-refractivity contribution in [3.63, 3.8) is 0 Å². The van der Waals surface area contributed by atoms with Crippen molar-refractivity contribution in [3.05, 3.63) is 58.8 Å². The van der Waals surface area contributed by atoms with E-state index in [9.17, 15) is 0 Å². The molecule has 5 heteroatoms. The fraction of sp³-hybridized carbons (Fsp3) is 0.176. The van der Waals surface area contributed by atoms with Crippen molar-refractivity contribution in [1.82, 2.24) is 9.88 Å². The summed E-state index contributed by atoms with van der Waals surface area (Å²) >= 11 is 6.05. The van der Waals surface area contributed by atoms with E-state index in [-0.39, 0.29) is 0 Å². The van der Waals surface area contributed by atoms with Gasteiger partial charge in [0.05, 0.1) is 0 Å². The minimum Gasteiger partial charge on any atom is -0.438 e. The smallest absolute Gasteiger partial charge is 0.238 e. The van der Waals surface area contributed by atoms with Gasteiger partial charge in [0.15, 0.2) is 0 Å². The number of hydrogen-bond acceptors (Lipinski definition) is 4. The summed E-state index contributed by atoms with van der Waals surface area (Å²) in [5, 5.41) is 0.494. The maximum absolute atomic E-state index is 6.05. The summed E-state index contributed by atoms with van der Waals surface area (Å²) in [6, 6.07) is 11.4. The summed E-state index contributed by atoms with van der Waals surface area (Å²) < 4.78 is 5.71. The van der Waals surface area contributed by atoms with E-state index < -0.39 is 0 Å². The Labute approximate surface area is 134 Å². The minimum atomic E-state index is 0.411. The molecule has 0 amide bonds. The van der Waals surface area contributed by atoms with Crippen molar-refractivity contribution in [1.29, 1.82) is 0 Å². The second-order valence-electron chi connectivity index (χ2n) is 5.10. The molecule has 2 heterocycles.